The third kappa shape index (κ3) is 4.46. The molecule has 1 aliphatic heterocycles. The lowest BCUT2D eigenvalue weighted by Crippen LogP contribution is -2.32. The van der Waals surface area contributed by atoms with Crippen molar-refractivity contribution in [1.82, 2.24) is 4.90 Å². The van der Waals surface area contributed by atoms with Gasteiger partial charge >= 0.3 is 0 Å². The lowest BCUT2D eigenvalue weighted by Gasteiger charge is -2.15. The fourth-order valence-electron chi connectivity index (χ4n) is 2.55. The maximum Gasteiger partial charge on any atom is 0.242 e. The molecule has 1 fully saturated rings. The molecule has 2 amide bonds. The summed E-state index contributed by atoms with van der Waals surface area (Å²) in [6.45, 7) is 2.43. The quantitative estimate of drug-likeness (QED) is 0.815. The van der Waals surface area contributed by atoms with Crippen LogP contribution < -0.4 is 5.32 Å². The van der Waals surface area contributed by atoms with Crippen molar-refractivity contribution >= 4 is 45.8 Å². The number of rotatable bonds is 5. The second-order valence-electron chi connectivity index (χ2n) is 5.90. The maximum atomic E-state index is 12.6. The predicted octanol–water partition coefficient (Wildman–Crippen LogP) is 3.75. The van der Waals surface area contributed by atoms with Crippen molar-refractivity contribution in [3.05, 3.63) is 65.7 Å². The Hall–Kier alpha value is -2.18. The molecule has 128 valence electrons. The number of amides is 2. The summed E-state index contributed by atoms with van der Waals surface area (Å²) in [5, 5.41) is 2.37. The summed E-state index contributed by atoms with van der Waals surface area (Å²) >= 11 is 6.62. The van der Waals surface area contributed by atoms with Crippen LogP contribution >= 0.6 is 24.0 Å². The number of anilines is 1. The van der Waals surface area contributed by atoms with Crippen molar-refractivity contribution < 1.29 is 9.59 Å². The Bertz CT molecular complexity index is 791. The summed E-state index contributed by atoms with van der Waals surface area (Å²) in [6, 6.07) is 17.3. The van der Waals surface area contributed by atoms with E-state index in [9.17, 15) is 9.59 Å². The number of thioether (sulfide) groups is 1. The van der Waals surface area contributed by atoms with E-state index in [2.05, 4.69) is 5.32 Å². The standard InChI is InChI=1S/C19H18N2O2S2/c1-13-7-9-15(10-8-13)20-17(22)11-16-18(23)21(19(24)25-16)12-14-5-3-2-4-6-14/h2-10,16H,11-12H2,1H3,(H,20,22). The van der Waals surface area contributed by atoms with Gasteiger partial charge in [0.2, 0.25) is 11.8 Å². The Morgan fingerprint density at radius 3 is 2.52 bits per heavy atom. The third-order valence-corrected chi connectivity index (χ3v) is 5.48. The molecule has 1 heterocycles. The molecule has 25 heavy (non-hydrogen) atoms. The van der Waals surface area contributed by atoms with Crippen LogP contribution in [0.4, 0.5) is 5.69 Å². The monoisotopic (exact) mass is 370 g/mol. The topological polar surface area (TPSA) is 49.4 Å². The first-order chi connectivity index (χ1) is 12.0. The molecule has 1 unspecified atom stereocenters. The molecule has 1 aliphatic rings. The number of hydrogen-bond acceptors (Lipinski definition) is 4. The van der Waals surface area contributed by atoms with E-state index in [0.717, 1.165) is 16.8 Å². The minimum atomic E-state index is -0.457. The van der Waals surface area contributed by atoms with Gasteiger partial charge in [-0.25, -0.2) is 0 Å². The van der Waals surface area contributed by atoms with E-state index in [0.29, 0.717) is 10.9 Å². The number of nitrogens with zero attached hydrogens (tertiary/aromatic N) is 1. The van der Waals surface area contributed by atoms with Gasteiger partial charge in [0, 0.05) is 12.1 Å². The van der Waals surface area contributed by atoms with Gasteiger partial charge in [-0.2, -0.15) is 0 Å². The van der Waals surface area contributed by atoms with E-state index in [-0.39, 0.29) is 18.2 Å². The molecule has 0 saturated carbocycles. The number of thiocarbonyl (C=S) groups is 1. The largest absolute Gasteiger partial charge is 0.326 e. The first-order valence-corrected chi connectivity index (χ1v) is 9.24. The van der Waals surface area contributed by atoms with E-state index in [1.54, 1.807) is 4.90 Å². The summed E-state index contributed by atoms with van der Waals surface area (Å²) in [5.41, 5.74) is 2.87. The van der Waals surface area contributed by atoms with Crippen LogP contribution in [0.25, 0.3) is 0 Å². The highest BCUT2D eigenvalue weighted by molar-refractivity contribution is 8.24. The van der Waals surface area contributed by atoms with Crippen LogP contribution in [-0.2, 0) is 16.1 Å². The van der Waals surface area contributed by atoms with Crippen molar-refractivity contribution in [2.45, 2.75) is 25.1 Å². The number of nitrogens with one attached hydrogen (secondary N) is 1. The minimum absolute atomic E-state index is 0.0992. The molecule has 0 bridgehead atoms. The molecule has 6 heteroatoms. The average molecular weight is 370 g/mol. The highest BCUT2D eigenvalue weighted by Gasteiger charge is 2.37. The summed E-state index contributed by atoms with van der Waals surface area (Å²) < 4.78 is 0.530. The number of aryl methyl sites for hydroxylation is 1. The molecule has 2 aromatic carbocycles. The molecule has 1 N–H and O–H groups in total. The molecular weight excluding hydrogens is 352 g/mol. The second-order valence-corrected chi connectivity index (χ2v) is 7.74. The summed E-state index contributed by atoms with van der Waals surface area (Å²) in [7, 11) is 0. The fraction of sp³-hybridized carbons (Fsp3) is 0.211. The first-order valence-electron chi connectivity index (χ1n) is 7.95. The highest BCUT2D eigenvalue weighted by atomic mass is 32.2. The molecule has 0 aromatic heterocycles. The van der Waals surface area contributed by atoms with Crippen LogP contribution in [0.3, 0.4) is 0 Å². The molecule has 0 aliphatic carbocycles. The zero-order valence-corrected chi connectivity index (χ0v) is 15.4. The minimum Gasteiger partial charge on any atom is -0.326 e. The smallest absolute Gasteiger partial charge is 0.242 e. The average Bonchev–Trinajstić information content (AvgIpc) is 2.85. The molecule has 0 spiro atoms. The number of carbonyl (C=O) groups excluding carboxylic acids is 2. The van der Waals surface area contributed by atoms with E-state index in [1.165, 1.54) is 11.8 Å². The maximum absolute atomic E-state index is 12.6. The van der Waals surface area contributed by atoms with Crippen molar-refractivity contribution in [1.29, 1.82) is 0 Å². The molecular formula is C19H18N2O2S2. The number of benzene rings is 2. The second kappa shape index (κ2) is 7.80. The van der Waals surface area contributed by atoms with Gasteiger partial charge in [0.25, 0.3) is 0 Å². The van der Waals surface area contributed by atoms with Crippen molar-refractivity contribution in [2.75, 3.05) is 5.32 Å². The Morgan fingerprint density at radius 2 is 1.84 bits per heavy atom. The van der Waals surface area contributed by atoms with Crippen LogP contribution in [0, 0.1) is 6.92 Å². The summed E-state index contributed by atoms with van der Waals surface area (Å²) in [4.78, 5) is 26.4. The van der Waals surface area contributed by atoms with Crippen LogP contribution in [-0.4, -0.2) is 26.3 Å². The number of hydrogen-bond donors (Lipinski definition) is 1. The van der Waals surface area contributed by atoms with Gasteiger partial charge < -0.3 is 5.32 Å². The molecule has 2 aromatic rings. The summed E-state index contributed by atoms with van der Waals surface area (Å²) in [5.74, 6) is -0.281. The third-order valence-electron chi connectivity index (χ3n) is 3.89. The lowest BCUT2D eigenvalue weighted by molar-refractivity contribution is -0.128. The van der Waals surface area contributed by atoms with Gasteiger partial charge in [-0.3, -0.25) is 14.5 Å². The van der Waals surface area contributed by atoms with Crippen molar-refractivity contribution in [3.8, 4) is 0 Å². The van der Waals surface area contributed by atoms with Crippen molar-refractivity contribution in [2.24, 2.45) is 0 Å². The molecule has 4 nitrogen and oxygen atoms in total. The van der Waals surface area contributed by atoms with Crippen LogP contribution in [0.15, 0.2) is 54.6 Å². The van der Waals surface area contributed by atoms with E-state index < -0.39 is 5.25 Å². The van der Waals surface area contributed by atoms with Crippen LogP contribution in [0.5, 0.6) is 0 Å². The van der Waals surface area contributed by atoms with Gasteiger partial charge in [-0.15, -0.1) is 0 Å². The zero-order valence-electron chi connectivity index (χ0n) is 13.8. The van der Waals surface area contributed by atoms with Gasteiger partial charge in [-0.1, -0.05) is 72.0 Å². The predicted molar refractivity (Wildman–Crippen MR) is 105 cm³/mol. The van der Waals surface area contributed by atoms with Gasteiger partial charge in [-0.05, 0) is 24.6 Å². The molecule has 3 rings (SSSR count). The Balaban J connectivity index is 1.59. The van der Waals surface area contributed by atoms with Gasteiger partial charge in [0.05, 0.1) is 11.8 Å². The molecule has 1 atom stereocenters. The fourth-order valence-corrected chi connectivity index (χ4v) is 4.05. The van der Waals surface area contributed by atoms with E-state index in [1.807, 2.05) is 61.5 Å². The van der Waals surface area contributed by atoms with E-state index >= 15 is 0 Å². The SMILES string of the molecule is Cc1ccc(NC(=O)CC2SC(=S)N(Cc3ccccc3)C2=O)cc1. The Morgan fingerprint density at radius 1 is 1.16 bits per heavy atom. The Labute approximate surface area is 156 Å². The lowest BCUT2D eigenvalue weighted by atomic mass is 10.2. The normalized spacial score (nSPS) is 17.0. The van der Waals surface area contributed by atoms with Crippen LogP contribution in [0.1, 0.15) is 17.5 Å². The molecule has 1 saturated heterocycles. The summed E-state index contributed by atoms with van der Waals surface area (Å²) in [6.07, 6.45) is 0.114. The van der Waals surface area contributed by atoms with Gasteiger partial charge in [0.15, 0.2) is 0 Å². The first kappa shape index (κ1) is 17.6. The zero-order chi connectivity index (χ0) is 17.8. The van der Waals surface area contributed by atoms with E-state index in [4.69, 9.17) is 12.2 Å². The van der Waals surface area contributed by atoms with Crippen molar-refractivity contribution in [3.63, 3.8) is 0 Å². The molecule has 0 radical (unpaired) electrons. The number of carbonyl (C=O) groups is 2. The highest BCUT2D eigenvalue weighted by Crippen LogP contribution is 2.31. The van der Waals surface area contributed by atoms with Gasteiger partial charge in [0.1, 0.15) is 4.32 Å². The Kier molecular flexibility index (Phi) is 5.50. The van der Waals surface area contributed by atoms with Crippen LogP contribution in [0.2, 0.25) is 0 Å².